The number of hydrogen-bond donors (Lipinski definition) is 1. The van der Waals surface area contributed by atoms with Gasteiger partial charge in [-0.1, -0.05) is 26.8 Å². The number of pyridine rings is 1. The monoisotopic (exact) mass is 275 g/mol. The number of aryl methyl sites for hydroxylation is 1. The largest absolute Gasteiger partial charge is 0.315 e. The third-order valence-corrected chi connectivity index (χ3v) is 4.16. The van der Waals surface area contributed by atoms with Crippen LogP contribution in [0.1, 0.15) is 42.8 Å². The molecule has 0 atom stereocenters. The molecular formula is C15H21N3S. The molecule has 0 unspecified atom stereocenters. The van der Waals surface area contributed by atoms with Crippen LogP contribution in [-0.2, 0) is 13.0 Å². The Morgan fingerprint density at radius 1 is 1.37 bits per heavy atom. The topological polar surface area (TPSA) is 37.8 Å². The molecule has 0 amide bonds. The molecule has 0 aliphatic carbocycles. The second-order valence-electron chi connectivity index (χ2n) is 4.88. The Bertz CT molecular complexity index is 546. The van der Waals surface area contributed by atoms with Gasteiger partial charge in [-0.15, -0.1) is 11.3 Å². The van der Waals surface area contributed by atoms with Crippen molar-refractivity contribution in [2.75, 3.05) is 7.05 Å². The molecule has 2 aromatic rings. The van der Waals surface area contributed by atoms with E-state index in [-0.39, 0.29) is 0 Å². The standard InChI is InChI=1S/C15H21N3S/c1-5-11-7-6-8-17-14(11)15-18-13(10(2)3)12(19-15)9-16-4/h6-8,10,16H,5,9H2,1-4H3. The minimum Gasteiger partial charge on any atom is -0.315 e. The van der Waals surface area contributed by atoms with E-state index in [2.05, 4.69) is 37.1 Å². The van der Waals surface area contributed by atoms with Crippen molar-refractivity contribution in [1.82, 2.24) is 15.3 Å². The molecule has 2 rings (SSSR count). The first-order valence-corrected chi connectivity index (χ1v) is 7.57. The maximum absolute atomic E-state index is 4.82. The summed E-state index contributed by atoms with van der Waals surface area (Å²) in [5.74, 6) is 0.446. The van der Waals surface area contributed by atoms with Crippen molar-refractivity contribution in [1.29, 1.82) is 0 Å². The molecule has 0 spiro atoms. The van der Waals surface area contributed by atoms with Gasteiger partial charge in [-0.2, -0.15) is 0 Å². The van der Waals surface area contributed by atoms with E-state index in [0.717, 1.165) is 23.7 Å². The molecule has 1 N–H and O–H groups in total. The summed E-state index contributed by atoms with van der Waals surface area (Å²) in [5, 5.41) is 4.27. The van der Waals surface area contributed by atoms with Gasteiger partial charge >= 0.3 is 0 Å². The van der Waals surface area contributed by atoms with E-state index in [9.17, 15) is 0 Å². The first kappa shape index (κ1) is 14.2. The molecule has 3 nitrogen and oxygen atoms in total. The number of rotatable bonds is 5. The number of nitrogens with zero attached hydrogens (tertiary/aromatic N) is 2. The lowest BCUT2D eigenvalue weighted by Crippen LogP contribution is -2.06. The zero-order valence-electron chi connectivity index (χ0n) is 12.0. The van der Waals surface area contributed by atoms with Crippen LogP contribution in [0.2, 0.25) is 0 Å². The third kappa shape index (κ3) is 3.01. The van der Waals surface area contributed by atoms with Gasteiger partial charge < -0.3 is 5.32 Å². The van der Waals surface area contributed by atoms with Crippen molar-refractivity contribution >= 4 is 11.3 Å². The van der Waals surface area contributed by atoms with Gasteiger partial charge in [0, 0.05) is 17.6 Å². The number of thiazole rings is 1. The van der Waals surface area contributed by atoms with Crippen molar-refractivity contribution in [2.24, 2.45) is 0 Å². The van der Waals surface area contributed by atoms with Crippen LogP contribution in [0.5, 0.6) is 0 Å². The molecule has 0 aliphatic rings. The molecule has 4 heteroatoms. The van der Waals surface area contributed by atoms with Crippen LogP contribution in [0.4, 0.5) is 0 Å². The summed E-state index contributed by atoms with van der Waals surface area (Å²) < 4.78 is 0. The van der Waals surface area contributed by atoms with Crippen molar-refractivity contribution in [3.05, 3.63) is 34.5 Å². The van der Waals surface area contributed by atoms with Crippen LogP contribution in [0, 0.1) is 0 Å². The molecule has 102 valence electrons. The predicted molar refractivity (Wildman–Crippen MR) is 81.6 cm³/mol. The predicted octanol–water partition coefficient (Wildman–Crippen LogP) is 3.61. The maximum atomic E-state index is 4.82. The average molecular weight is 275 g/mol. The van der Waals surface area contributed by atoms with Crippen molar-refractivity contribution in [2.45, 2.75) is 39.7 Å². The normalized spacial score (nSPS) is 11.2. The second-order valence-corrected chi connectivity index (χ2v) is 5.96. The SMILES string of the molecule is CCc1cccnc1-c1nc(C(C)C)c(CNC)s1. The van der Waals surface area contributed by atoms with Gasteiger partial charge in [0.15, 0.2) is 0 Å². The summed E-state index contributed by atoms with van der Waals surface area (Å²) in [7, 11) is 1.97. The molecule has 2 aromatic heterocycles. The van der Waals surface area contributed by atoms with E-state index < -0.39 is 0 Å². The minimum absolute atomic E-state index is 0.446. The number of aromatic nitrogens is 2. The highest BCUT2D eigenvalue weighted by atomic mass is 32.1. The highest BCUT2D eigenvalue weighted by Crippen LogP contribution is 2.32. The molecule has 0 radical (unpaired) electrons. The molecule has 0 aliphatic heterocycles. The van der Waals surface area contributed by atoms with Crippen LogP contribution in [0.3, 0.4) is 0 Å². The zero-order chi connectivity index (χ0) is 13.8. The molecule has 0 fully saturated rings. The van der Waals surface area contributed by atoms with Crippen LogP contribution >= 0.6 is 11.3 Å². The second kappa shape index (κ2) is 6.26. The van der Waals surface area contributed by atoms with E-state index >= 15 is 0 Å². The fraction of sp³-hybridized carbons (Fsp3) is 0.467. The van der Waals surface area contributed by atoms with Gasteiger partial charge in [0.2, 0.25) is 0 Å². The highest BCUT2D eigenvalue weighted by Gasteiger charge is 2.16. The summed E-state index contributed by atoms with van der Waals surface area (Å²) >= 11 is 1.76. The van der Waals surface area contributed by atoms with Crippen LogP contribution in [-0.4, -0.2) is 17.0 Å². The lowest BCUT2D eigenvalue weighted by molar-refractivity contribution is 0.771. The quantitative estimate of drug-likeness (QED) is 0.906. The summed E-state index contributed by atoms with van der Waals surface area (Å²) in [4.78, 5) is 10.7. The minimum atomic E-state index is 0.446. The third-order valence-electron chi connectivity index (χ3n) is 3.09. The molecule has 19 heavy (non-hydrogen) atoms. The van der Waals surface area contributed by atoms with Gasteiger partial charge in [-0.25, -0.2) is 4.98 Å². The zero-order valence-corrected chi connectivity index (χ0v) is 12.8. The molecule has 0 bridgehead atoms. The van der Waals surface area contributed by atoms with Crippen LogP contribution in [0.25, 0.3) is 10.7 Å². The van der Waals surface area contributed by atoms with Gasteiger partial charge in [-0.05, 0) is 31.0 Å². The lowest BCUT2D eigenvalue weighted by atomic mass is 10.1. The van der Waals surface area contributed by atoms with Crippen LogP contribution < -0.4 is 5.32 Å². The Balaban J connectivity index is 2.48. The Morgan fingerprint density at radius 2 is 2.16 bits per heavy atom. The average Bonchev–Trinajstić information content (AvgIpc) is 2.83. The number of nitrogens with one attached hydrogen (secondary N) is 1. The lowest BCUT2D eigenvalue weighted by Gasteiger charge is -2.03. The van der Waals surface area contributed by atoms with Gasteiger partial charge in [-0.3, -0.25) is 4.98 Å². The van der Waals surface area contributed by atoms with E-state index in [1.165, 1.54) is 16.1 Å². The first-order valence-electron chi connectivity index (χ1n) is 6.75. The molecular weight excluding hydrogens is 254 g/mol. The first-order chi connectivity index (χ1) is 9.17. The molecule has 0 saturated heterocycles. The van der Waals surface area contributed by atoms with Crippen molar-refractivity contribution < 1.29 is 0 Å². The van der Waals surface area contributed by atoms with Crippen LogP contribution in [0.15, 0.2) is 18.3 Å². The summed E-state index contributed by atoms with van der Waals surface area (Å²) in [6.07, 6.45) is 2.84. The molecule has 0 saturated carbocycles. The van der Waals surface area contributed by atoms with E-state index in [4.69, 9.17) is 4.98 Å². The van der Waals surface area contributed by atoms with E-state index in [1.54, 1.807) is 11.3 Å². The van der Waals surface area contributed by atoms with E-state index in [1.807, 2.05) is 19.3 Å². The fourth-order valence-corrected chi connectivity index (χ4v) is 3.38. The summed E-state index contributed by atoms with van der Waals surface area (Å²) in [5.41, 5.74) is 3.50. The highest BCUT2D eigenvalue weighted by molar-refractivity contribution is 7.15. The maximum Gasteiger partial charge on any atom is 0.142 e. The Morgan fingerprint density at radius 3 is 2.79 bits per heavy atom. The Kier molecular flexibility index (Phi) is 4.66. The van der Waals surface area contributed by atoms with Gasteiger partial charge in [0.1, 0.15) is 10.7 Å². The van der Waals surface area contributed by atoms with Crippen molar-refractivity contribution in [3.63, 3.8) is 0 Å². The number of hydrogen-bond acceptors (Lipinski definition) is 4. The van der Waals surface area contributed by atoms with Crippen molar-refractivity contribution in [3.8, 4) is 10.7 Å². The van der Waals surface area contributed by atoms with E-state index in [0.29, 0.717) is 5.92 Å². The summed E-state index contributed by atoms with van der Waals surface area (Å²) in [6.45, 7) is 7.42. The Labute approximate surface area is 119 Å². The molecule has 2 heterocycles. The fourth-order valence-electron chi connectivity index (χ4n) is 2.12. The van der Waals surface area contributed by atoms with Gasteiger partial charge in [0.25, 0.3) is 0 Å². The summed E-state index contributed by atoms with van der Waals surface area (Å²) in [6, 6.07) is 4.13. The smallest absolute Gasteiger partial charge is 0.142 e. The molecule has 0 aromatic carbocycles. The Hall–Kier alpha value is -1.26. The van der Waals surface area contributed by atoms with Gasteiger partial charge in [0.05, 0.1) is 5.69 Å².